The SMILES string of the molecule is CC(=O)c1ccc(OCC(=O)N[C@@H](c2nccn2C)C2CC2)cc1. The van der Waals surface area contributed by atoms with Crippen LogP contribution in [-0.4, -0.2) is 27.8 Å². The second-order valence-electron chi connectivity index (χ2n) is 6.15. The molecule has 1 aliphatic carbocycles. The minimum absolute atomic E-state index is 0.00151. The van der Waals surface area contributed by atoms with Crippen LogP contribution in [-0.2, 0) is 11.8 Å². The molecule has 1 amide bonds. The maximum absolute atomic E-state index is 12.2. The molecule has 1 saturated carbocycles. The largest absolute Gasteiger partial charge is 0.484 e. The van der Waals surface area contributed by atoms with Gasteiger partial charge in [-0.05, 0) is 49.9 Å². The molecule has 1 N–H and O–H groups in total. The fraction of sp³-hybridized carbons (Fsp3) is 0.389. The minimum Gasteiger partial charge on any atom is -0.484 e. The van der Waals surface area contributed by atoms with Gasteiger partial charge in [0.05, 0.1) is 6.04 Å². The molecular weight excluding hydrogens is 306 g/mol. The first kappa shape index (κ1) is 16.2. The number of hydrogen-bond acceptors (Lipinski definition) is 4. The normalized spacial score (nSPS) is 14.9. The Morgan fingerprint density at radius 2 is 2.04 bits per heavy atom. The van der Waals surface area contributed by atoms with Crippen molar-refractivity contribution >= 4 is 11.7 Å². The fourth-order valence-corrected chi connectivity index (χ4v) is 2.65. The summed E-state index contributed by atoms with van der Waals surface area (Å²) in [5, 5.41) is 3.02. The van der Waals surface area contributed by atoms with Crippen LogP contribution in [0.2, 0.25) is 0 Å². The maximum Gasteiger partial charge on any atom is 0.258 e. The highest BCUT2D eigenvalue weighted by Crippen LogP contribution is 2.40. The van der Waals surface area contributed by atoms with Crippen molar-refractivity contribution in [3.05, 3.63) is 48.0 Å². The molecule has 0 saturated heterocycles. The molecule has 126 valence electrons. The van der Waals surface area contributed by atoms with Crippen LogP contribution in [0.3, 0.4) is 0 Å². The number of carbonyl (C=O) groups is 2. The lowest BCUT2D eigenvalue weighted by molar-refractivity contribution is -0.124. The summed E-state index contributed by atoms with van der Waals surface area (Å²) in [6.45, 7) is 1.45. The number of ketones is 1. The number of imidazole rings is 1. The molecule has 6 heteroatoms. The number of Topliss-reactive ketones (excluding diaryl/α,β-unsaturated/α-hetero) is 1. The number of aryl methyl sites for hydroxylation is 1. The molecule has 6 nitrogen and oxygen atoms in total. The summed E-state index contributed by atoms with van der Waals surface area (Å²) in [6.07, 6.45) is 5.82. The van der Waals surface area contributed by atoms with E-state index in [1.54, 1.807) is 30.5 Å². The number of rotatable bonds is 7. The molecule has 1 atom stereocenters. The first-order valence-electron chi connectivity index (χ1n) is 8.05. The summed E-state index contributed by atoms with van der Waals surface area (Å²) in [5.41, 5.74) is 0.621. The monoisotopic (exact) mass is 327 g/mol. The first-order valence-corrected chi connectivity index (χ1v) is 8.05. The number of amides is 1. The zero-order valence-electron chi connectivity index (χ0n) is 13.9. The van der Waals surface area contributed by atoms with Gasteiger partial charge >= 0.3 is 0 Å². The topological polar surface area (TPSA) is 73.2 Å². The van der Waals surface area contributed by atoms with Crippen molar-refractivity contribution in [3.63, 3.8) is 0 Å². The predicted molar refractivity (Wildman–Crippen MR) is 88.8 cm³/mol. The number of carbonyl (C=O) groups excluding carboxylic acids is 2. The van der Waals surface area contributed by atoms with Gasteiger partial charge in [0.15, 0.2) is 12.4 Å². The number of nitrogens with one attached hydrogen (secondary N) is 1. The van der Waals surface area contributed by atoms with Crippen LogP contribution in [0, 0.1) is 5.92 Å². The van der Waals surface area contributed by atoms with E-state index in [2.05, 4.69) is 10.3 Å². The summed E-state index contributed by atoms with van der Waals surface area (Å²) in [7, 11) is 1.93. The molecule has 0 bridgehead atoms. The molecule has 1 heterocycles. The smallest absolute Gasteiger partial charge is 0.258 e. The highest BCUT2D eigenvalue weighted by atomic mass is 16.5. The molecule has 0 unspecified atom stereocenters. The summed E-state index contributed by atoms with van der Waals surface area (Å²) < 4.78 is 7.44. The van der Waals surface area contributed by atoms with Crippen molar-refractivity contribution < 1.29 is 14.3 Å². The maximum atomic E-state index is 12.2. The van der Waals surface area contributed by atoms with Crippen molar-refractivity contribution in [2.45, 2.75) is 25.8 Å². The Balaban J connectivity index is 1.56. The first-order chi connectivity index (χ1) is 11.5. The summed E-state index contributed by atoms with van der Waals surface area (Å²) >= 11 is 0. The lowest BCUT2D eigenvalue weighted by Crippen LogP contribution is -2.35. The lowest BCUT2D eigenvalue weighted by atomic mass is 10.1. The van der Waals surface area contributed by atoms with E-state index in [4.69, 9.17) is 4.74 Å². The van der Waals surface area contributed by atoms with E-state index in [1.165, 1.54) is 6.92 Å². The van der Waals surface area contributed by atoms with Gasteiger partial charge in [-0.1, -0.05) is 0 Å². The number of ether oxygens (including phenoxy) is 1. The number of benzene rings is 1. The third kappa shape index (κ3) is 3.82. The van der Waals surface area contributed by atoms with Crippen LogP contribution in [0.4, 0.5) is 0 Å². The summed E-state index contributed by atoms with van der Waals surface area (Å²) in [6, 6.07) is 6.70. The Hall–Kier alpha value is -2.63. The highest BCUT2D eigenvalue weighted by molar-refractivity contribution is 5.94. The molecule has 0 aliphatic heterocycles. The third-order valence-corrected chi connectivity index (χ3v) is 4.18. The van der Waals surface area contributed by atoms with E-state index in [9.17, 15) is 9.59 Å². The van der Waals surface area contributed by atoms with Gasteiger partial charge in [0.25, 0.3) is 5.91 Å². The van der Waals surface area contributed by atoms with E-state index < -0.39 is 0 Å². The van der Waals surface area contributed by atoms with Gasteiger partial charge in [-0.3, -0.25) is 9.59 Å². The molecule has 0 radical (unpaired) electrons. The molecule has 2 aromatic rings. The molecule has 1 aliphatic rings. The predicted octanol–water partition coefficient (Wildman–Crippen LogP) is 2.27. The van der Waals surface area contributed by atoms with Crippen molar-refractivity contribution in [3.8, 4) is 5.75 Å². The number of aromatic nitrogens is 2. The minimum atomic E-state index is -0.175. The molecule has 24 heavy (non-hydrogen) atoms. The Morgan fingerprint density at radius 1 is 1.33 bits per heavy atom. The standard InChI is InChI=1S/C18H21N3O3/c1-12(22)13-5-7-15(8-6-13)24-11-16(23)20-17(14-3-4-14)18-19-9-10-21(18)2/h5-10,14,17H,3-4,11H2,1-2H3,(H,20,23)/t17-/m1/s1. The van der Waals surface area contributed by atoms with Gasteiger partial charge < -0.3 is 14.6 Å². The third-order valence-electron chi connectivity index (χ3n) is 4.18. The van der Waals surface area contributed by atoms with E-state index in [0.717, 1.165) is 18.7 Å². The fourth-order valence-electron chi connectivity index (χ4n) is 2.65. The number of hydrogen-bond donors (Lipinski definition) is 1. The van der Waals surface area contributed by atoms with Crippen LogP contribution >= 0.6 is 0 Å². The van der Waals surface area contributed by atoms with E-state index in [0.29, 0.717) is 17.2 Å². The van der Waals surface area contributed by atoms with E-state index in [-0.39, 0.29) is 24.3 Å². The average molecular weight is 327 g/mol. The lowest BCUT2D eigenvalue weighted by Gasteiger charge is -2.18. The Kier molecular flexibility index (Phi) is 4.64. The van der Waals surface area contributed by atoms with Crippen molar-refractivity contribution in [2.75, 3.05) is 6.61 Å². The molecule has 0 spiro atoms. The van der Waals surface area contributed by atoms with Crippen LogP contribution in [0.1, 0.15) is 42.0 Å². The number of nitrogens with zero attached hydrogens (tertiary/aromatic N) is 2. The van der Waals surface area contributed by atoms with Gasteiger partial charge in [0.1, 0.15) is 11.6 Å². The van der Waals surface area contributed by atoms with Gasteiger partial charge in [0, 0.05) is 25.0 Å². The van der Waals surface area contributed by atoms with Gasteiger partial charge in [-0.15, -0.1) is 0 Å². The second kappa shape index (κ2) is 6.86. The zero-order valence-corrected chi connectivity index (χ0v) is 13.9. The molecule has 3 rings (SSSR count). The van der Waals surface area contributed by atoms with Crippen LogP contribution in [0.15, 0.2) is 36.7 Å². The van der Waals surface area contributed by atoms with Gasteiger partial charge in [-0.2, -0.15) is 0 Å². The van der Waals surface area contributed by atoms with E-state index >= 15 is 0 Å². The van der Waals surface area contributed by atoms with Crippen LogP contribution in [0.25, 0.3) is 0 Å². The molecule has 1 aromatic carbocycles. The summed E-state index contributed by atoms with van der Waals surface area (Å²) in [5.74, 6) is 1.71. The summed E-state index contributed by atoms with van der Waals surface area (Å²) in [4.78, 5) is 27.8. The van der Waals surface area contributed by atoms with Crippen molar-refractivity contribution in [1.29, 1.82) is 0 Å². The Morgan fingerprint density at radius 3 is 2.58 bits per heavy atom. The average Bonchev–Trinajstić information content (AvgIpc) is 3.32. The van der Waals surface area contributed by atoms with Crippen molar-refractivity contribution in [1.82, 2.24) is 14.9 Å². The Labute approximate surface area is 140 Å². The second-order valence-corrected chi connectivity index (χ2v) is 6.15. The molecule has 1 aromatic heterocycles. The Bertz CT molecular complexity index is 732. The zero-order chi connectivity index (χ0) is 17.1. The van der Waals surface area contributed by atoms with Gasteiger partial charge in [-0.25, -0.2) is 4.98 Å². The van der Waals surface area contributed by atoms with Crippen molar-refractivity contribution in [2.24, 2.45) is 13.0 Å². The molecule has 1 fully saturated rings. The quantitative estimate of drug-likeness (QED) is 0.792. The van der Waals surface area contributed by atoms with Crippen LogP contribution < -0.4 is 10.1 Å². The van der Waals surface area contributed by atoms with E-state index in [1.807, 2.05) is 17.8 Å². The highest BCUT2D eigenvalue weighted by Gasteiger charge is 2.35. The van der Waals surface area contributed by atoms with Crippen LogP contribution in [0.5, 0.6) is 5.75 Å². The molecular formula is C18H21N3O3. The van der Waals surface area contributed by atoms with Gasteiger partial charge in [0.2, 0.25) is 0 Å².